The molecule has 0 spiro atoms. The molecule has 0 aromatic heterocycles. The Kier molecular flexibility index (Phi) is 8.10. The lowest BCUT2D eigenvalue weighted by Crippen LogP contribution is -2.55. The number of carboxylic acids is 1. The number of esters is 1. The molecular formula is C13H23N3O6. The van der Waals surface area contributed by atoms with Crippen molar-refractivity contribution in [2.24, 2.45) is 11.7 Å². The average molecular weight is 317 g/mol. The van der Waals surface area contributed by atoms with Gasteiger partial charge in [-0.3, -0.25) is 14.4 Å². The number of methoxy groups -OCH3 is 1. The minimum atomic E-state index is -1.33. The highest BCUT2D eigenvalue weighted by molar-refractivity contribution is 5.94. The van der Waals surface area contributed by atoms with Crippen molar-refractivity contribution in [3.63, 3.8) is 0 Å². The Balaban J connectivity index is 5.05. The molecule has 0 bridgehead atoms. The molecule has 22 heavy (non-hydrogen) atoms. The Morgan fingerprint density at radius 3 is 2.00 bits per heavy atom. The van der Waals surface area contributed by atoms with Gasteiger partial charge in [-0.25, -0.2) is 4.79 Å². The normalized spacial score (nSPS) is 14.6. The molecule has 0 rings (SSSR count). The second-order valence-corrected chi connectivity index (χ2v) is 5.20. The topological polar surface area (TPSA) is 148 Å². The van der Waals surface area contributed by atoms with Crippen molar-refractivity contribution in [3.8, 4) is 0 Å². The van der Waals surface area contributed by atoms with E-state index in [-0.39, 0.29) is 5.92 Å². The number of hydrogen-bond donors (Lipinski definition) is 4. The summed E-state index contributed by atoms with van der Waals surface area (Å²) in [6.45, 7) is 4.78. The number of amides is 2. The Bertz CT molecular complexity index is 435. The molecule has 0 saturated carbocycles. The molecule has 0 heterocycles. The number of hydrogen-bond acceptors (Lipinski definition) is 6. The first-order valence-electron chi connectivity index (χ1n) is 6.76. The van der Waals surface area contributed by atoms with Crippen molar-refractivity contribution in [1.29, 1.82) is 0 Å². The molecule has 0 saturated heterocycles. The zero-order chi connectivity index (χ0) is 17.4. The molecule has 9 nitrogen and oxygen atoms in total. The Morgan fingerprint density at radius 2 is 1.64 bits per heavy atom. The van der Waals surface area contributed by atoms with Crippen LogP contribution in [0.25, 0.3) is 0 Å². The fourth-order valence-corrected chi connectivity index (χ4v) is 1.57. The fourth-order valence-electron chi connectivity index (χ4n) is 1.57. The molecule has 2 amide bonds. The third-order valence-electron chi connectivity index (χ3n) is 2.84. The van der Waals surface area contributed by atoms with Gasteiger partial charge in [-0.05, 0) is 12.8 Å². The quantitative estimate of drug-likeness (QED) is 0.403. The zero-order valence-electron chi connectivity index (χ0n) is 13.1. The predicted molar refractivity (Wildman–Crippen MR) is 76.6 cm³/mol. The molecule has 5 N–H and O–H groups in total. The molecule has 9 heteroatoms. The minimum absolute atomic E-state index is 0.272. The first kappa shape index (κ1) is 19.8. The Hall–Kier alpha value is -2.16. The molecule has 0 aromatic carbocycles. The highest BCUT2D eigenvalue weighted by Gasteiger charge is 2.30. The van der Waals surface area contributed by atoms with E-state index in [2.05, 4.69) is 15.4 Å². The van der Waals surface area contributed by atoms with Crippen molar-refractivity contribution < 1.29 is 29.0 Å². The van der Waals surface area contributed by atoms with Gasteiger partial charge in [0.05, 0.1) is 19.6 Å². The number of carbonyl (C=O) groups is 4. The summed E-state index contributed by atoms with van der Waals surface area (Å²) in [6, 6.07) is -3.17. The zero-order valence-corrected chi connectivity index (χ0v) is 13.1. The Morgan fingerprint density at radius 1 is 1.09 bits per heavy atom. The number of rotatable bonds is 8. The first-order valence-corrected chi connectivity index (χ1v) is 6.76. The standard InChI is InChI=1S/C13H23N3O6/c1-6(2)10(13(21)22-4)16-12(20)8(5-9(17)18)15-11(19)7(3)14/h6-8,10H,5,14H2,1-4H3,(H,15,19)(H,16,20)(H,17,18)/t7-,8+,10-/m1/s1. The maximum atomic E-state index is 12.1. The van der Waals surface area contributed by atoms with Crippen molar-refractivity contribution in [2.45, 2.75) is 45.3 Å². The van der Waals surface area contributed by atoms with Crippen LogP contribution in [0.3, 0.4) is 0 Å². The van der Waals surface area contributed by atoms with Crippen molar-refractivity contribution in [3.05, 3.63) is 0 Å². The molecule has 0 aromatic rings. The van der Waals surface area contributed by atoms with Gasteiger partial charge in [0.2, 0.25) is 11.8 Å². The molecule has 0 radical (unpaired) electrons. The third-order valence-corrected chi connectivity index (χ3v) is 2.84. The first-order chi connectivity index (χ1) is 10.1. The number of nitrogens with one attached hydrogen (secondary N) is 2. The van der Waals surface area contributed by atoms with Gasteiger partial charge in [0.15, 0.2) is 0 Å². The van der Waals surface area contributed by atoms with Crippen LogP contribution in [0.5, 0.6) is 0 Å². The van der Waals surface area contributed by atoms with Gasteiger partial charge in [-0.1, -0.05) is 13.8 Å². The van der Waals surface area contributed by atoms with E-state index in [0.717, 1.165) is 0 Å². The van der Waals surface area contributed by atoms with Crippen LogP contribution in [0.2, 0.25) is 0 Å². The van der Waals surface area contributed by atoms with E-state index in [1.54, 1.807) is 13.8 Å². The van der Waals surface area contributed by atoms with Gasteiger partial charge in [0.1, 0.15) is 12.1 Å². The molecular weight excluding hydrogens is 294 g/mol. The monoisotopic (exact) mass is 317 g/mol. The second-order valence-electron chi connectivity index (χ2n) is 5.20. The summed E-state index contributed by atoms with van der Waals surface area (Å²) < 4.78 is 4.58. The van der Waals surface area contributed by atoms with Crippen LogP contribution in [0.4, 0.5) is 0 Å². The summed E-state index contributed by atoms with van der Waals surface area (Å²) >= 11 is 0. The Labute approximate surface area is 128 Å². The van der Waals surface area contributed by atoms with E-state index in [4.69, 9.17) is 10.8 Å². The van der Waals surface area contributed by atoms with Crippen LogP contribution in [-0.4, -0.2) is 54.1 Å². The third kappa shape index (κ3) is 6.53. The van der Waals surface area contributed by atoms with Crippen LogP contribution < -0.4 is 16.4 Å². The van der Waals surface area contributed by atoms with E-state index in [1.165, 1.54) is 14.0 Å². The van der Waals surface area contributed by atoms with E-state index in [0.29, 0.717) is 0 Å². The van der Waals surface area contributed by atoms with Crippen LogP contribution in [0, 0.1) is 5.92 Å². The largest absolute Gasteiger partial charge is 0.481 e. The van der Waals surface area contributed by atoms with E-state index >= 15 is 0 Å². The second kappa shape index (κ2) is 8.98. The molecule has 3 atom stereocenters. The van der Waals surface area contributed by atoms with Gasteiger partial charge in [0.25, 0.3) is 0 Å². The highest BCUT2D eigenvalue weighted by Crippen LogP contribution is 2.05. The molecule has 0 fully saturated rings. The summed E-state index contributed by atoms with van der Waals surface area (Å²) in [5.41, 5.74) is 5.37. The van der Waals surface area contributed by atoms with Crippen LogP contribution in [0.15, 0.2) is 0 Å². The van der Waals surface area contributed by atoms with Gasteiger partial charge in [0, 0.05) is 0 Å². The summed E-state index contributed by atoms with van der Waals surface area (Å²) in [6.07, 6.45) is -0.629. The van der Waals surface area contributed by atoms with Crippen molar-refractivity contribution in [2.75, 3.05) is 7.11 Å². The maximum Gasteiger partial charge on any atom is 0.328 e. The van der Waals surface area contributed by atoms with Crippen molar-refractivity contribution >= 4 is 23.8 Å². The number of carboxylic acid groups (broad SMARTS) is 1. The van der Waals surface area contributed by atoms with Crippen LogP contribution in [0.1, 0.15) is 27.2 Å². The molecule has 0 aliphatic rings. The van der Waals surface area contributed by atoms with Crippen molar-refractivity contribution in [1.82, 2.24) is 10.6 Å². The predicted octanol–water partition coefficient (Wildman–Crippen LogP) is -1.39. The number of ether oxygens (including phenoxy) is 1. The van der Waals surface area contributed by atoms with E-state index in [9.17, 15) is 19.2 Å². The van der Waals surface area contributed by atoms with Gasteiger partial charge < -0.3 is 26.2 Å². The highest BCUT2D eigenvalue weighted by atomic mass is 16.5. The summed E-state index contributed by atoms with van der Waals surface area (Å²) in [4.78, 5) is 46.1. The number of aliphatic carboxylic acids is 1. The maximum absolute atomic E-state index is 12.1. The number of carbonyl (C=O) groups excluding carboxylic acids is 3. The van der Waals surface area contributed by atoms with Gasteiger partial charge in [-0.2, -0.15) is 0 Å². The van der Waals surface area contributed by atoms with E-state index < -0.39 is 48.3 Å². The van der Waals surface area contributed by atoms with Crippen LogP contribution >= 0.6 is 0 Å². The van der Waals surface area contributed by atoms with E-state index in [1.807, 2.05) is 0 Å². The molecule has 0 aliphatic carbocycles. The molecule has 0 aliphatic heterocycles. The van der Waals surface area contributed by atoms with Crippen LogP contribution in [-0.2, 0) is 23.9 Å². The molecule has 126 valence electrons. The smallest absolute Gasteiger partial charge is 0.328 e. The lowest BCUT2D eigenvalue weighted by atomic mass is 10.0. The fraction of sp³-hybridized carbons (Fsp3) is 0.692. The lowest BCUT2D eigenvalue weighted by molar-refractivity contribution is -0.147. The SMILES string of the molecule is COC(=O)[C@H](NC(=O)[C@H](CC(=O)O)NC(=O)[C@@H](C)N)C(C)C. The summed E-state index contributed by atoms with van der Waals surface area (Å²) in [5, 5.41) is 13.5. The van der Waals surface area contributed by atoms with Gasteiger partial charge in [-0.15, -0.1) is 0 Å². The minimum Gasteiger partial charge on any atom is -0.481 e. The molecule has 0 unspecified atom stereocenters. The van der Waals surface area contributed by atoms with Gasteiger partial charge >= 0.3 is 11.9 Å². The average Bonchev–Trinajstić information content (AvgIpc) is 2.41. The summed E-state index contributed by atoms with van der Waals surface area (Å²) in [7, 11) is 1.18. The summed E-state index contributed by atoms with van der Waals surface area (Å²) in [5.74, 6) is -3.66. The lowest BCUT2D eigenvalue weighted by Gasteiger charge is -2.23. The number of nitrogens with two attached hydrogens (primary N) is 1.